The molecule has 1 fully saturated rings. The van der Waals surface area contributed by atoms with Gasteiger partial charge in [0.05, 0.1) is 0 Å². The van der Waals surface area contributed by atoms with E-state index in [1.165, 1.54) is 18.4 Å². The summed E-state index contributed by atoms with van der Waals surface area (Å²) in [5.41, 5.74) is 1.56. The standard InChI is InChI=1S/C17H27NO/c1-13(14-5-6-14)18-11-12-19-16-9-7-15(8-10-16)17(2,3)4/h7-10,13-14,18H,5-6,11-12H2,1-4H3. The third-order valence-corrected chi connectivity index (χ3v) is 3.89. The van der Waals surface area contributed by atoms with E-state index in [0.29, 0.717) is 6.04 Å². The van der Waals surface area contributed by atoms with E-state index in [2.05, 4.69) is 57.3 Å². The molecule has 1 aliphatic carbocycles. The topological polar surface area (TPSA) is 21.3 Å². The van der Waals surface area contributed by atoms with E-state index in [1.807, 2.05) is 0 Å². The van der Waals surface area contributed by atoms with Gasteiger partial charge in [0.1, 0.15) is 12.4 Å². The molecule has 2 rings (SSSR count). The molecule has 1 aliphatic rings. The molecule has 0 saturated heterocycles. The van der Waals surface area contributed by atoms with Gasteiger partial charge in [0.15, 0.2) is 0 Å². The Bertz CT molecular complexity index is 387. The zero-order chi connectivity index (χ0) is 13.9. The molecule has 1 saturated carbocycles. The maximum atomic E-state index is 5.76. The molecule has 1 aromatic rings. The minimum absolute atomic E-state index is 0.208. The SMILES string of the molecule is CC(NCCOc1ccc(C(C)(C)C)cc1)C1CC1. The van der Waals surface area contributed by atoms with Crippen LogP contribution in [-0.2, 0) is 5.41 Å². The summed E-state index contributed by atoms with van der Waals surface area (Å²) in [7, 11) is 0. The third kappa shape index (κ3) is 4.54. The smallest absolute Gasteiger partial charge is 0.119 e. The predicted molar refractivity (Wildman–Crippen MR) is 80.8 cm³/mol. The van der Waals surface area contributed by atoms with E-state index in [-0.39, 0.29) is 5.41 Å². The van der Waals surface area contributed by atoms with Crippen molar-refractivity contribution in [1.29, 1.82) is 0 Å². The van der Waals surface area contributed by atoms with E-state index in [1.54, 1.807) is 0 Å². The predicted octanol–water partition coefficient (Wildman–Crippen LogP) is 3.75. The van der Waals surface area contributed by atoms with Crippen molar-refractivity contribution in [3.8, 4) is 5.75 Å². The highest BCUT2D eigenvalue weighted by Gasteiger charge is 2.27. The number of nitrogens with one attached hydrogen (secondary N) is 1. The molecule has 1 unspecified atom stereocenters. The fourth-order valence-electron chi connectivity index (χ4n) is 2.27. The minimum atomic E-state index is 0.208. The monoisotopic (exact) mass is 261 g/mol. The lowest BCUT2D eigenvalue weighted by Gasteiger charge is -2.19. The van der Waals surface area contributed by atoms with Crippen molar-refractivity contribution < 1.29 is 4.74 Å². The zero-order valence-corrected chi connectivity index (χ0v) is 12.7. The molecule has 1 N–H and O–H groups in total. The average molecular weight is 261 g/mol. The Labute approximate surface area is 117 Å². The maximum absolute atomic E-state index is 5.76. The molecule has 2 heteroatoms. The van der Waals surface area contributed by atoms with Gasteiger partial charge in [-0.05, 0) is 48.8 Å². The molecular weight excluding hydrogens is 234 g/mol. The van der Waals surface area contributed by atoms with Gasteiger partial charge in [-0.15, -0.1) is 0 Å². The van der Waals surface area contributed by atoms with Crippen LogP contribution in [0.2, 0.25) is 0 Å². The Balaban J connectivity index is 1.70. The van der Waals surface area contributed by atoms with Crippen LogP contribution in [0.3, 0.4) is 0 Å². The second kappa shape index (κ2) is 5.96. The molecule has 0 aromatic heterocycles. The van der Waals surface area contributed by atoms with Gasteiger partial charge in [-0.25, -0.2) is 0 Å². The van der Waals surface area contributed by atoms with Crippen LogP contribution >= 0.6 is 0 Å². The molecule has 1 aromatic carbocycles. The van der Waals surface area contributed by atoms with Crippen LogP contribution in [-0.4, -0.2) is 19.2 Å². The third-order valence-electron chi connectivity index (χ3n) is 3.89. The molecule has 0 aliphatic heterocycles. The first-order chi connectivity index (χ1) is 8.97. The number of benzene rings is 1. The molecule has 0 radical (unpaired) electrons. The van der Waals surface area contributed by atoms with E-state index in [9.17, 15) is 0 Å². The Hall–Kier alpha value is -1.02. The van der Waals surface area contributed by atoms with Gasteiger partial charge in [0.2, 0.25) is 0 Å². The molecule has 0 bridgehead atoms. The van der Waals surface area contributed by atoms with Gasteiger partial charge in [0, 0.05) is 12.6 Å². The second-order valence-corrected chi connectivity index (χ2v) is 6.70. The summed E-state index contributed by atoms with van der Waals surface area (Å²) >= 11 is 0. The highest BCUT2D eigenvalue weighted by Crippen LogP contribution is 2.32. The molecule has 2 nitrogen and oxygen atoms in total. The van der Waals surface area contributed by atoms with Crippen molar-refractivity contribution in [3.05, 3.63) is 29.8 Å². The van der Waals surface area contributed by atoms with Crippen molar-refractivity contribution >= 4 is 0 Å². The van der Waals surface area contributed by atoms with Crippen molar-refractivity contribution in [1.82, 2.24) is 5.32 Å². The lowest BCUT2D eigenvalue weighted by Crippen LogP contribution is -2.31. The highest BCUT2D eigenvalue weighted by molar-refractivity contribution is 5.31. The van der Waals surface area contributed by atoms with E-state index < -0.39 is 0 Å². The lowest BCUT2D eigenvalue weighted by atomic mass is 9.87. The van der Waals surface area contributed by atoms with E-state index in [4.69, 9.17) is 4.74 Å². The van der Waals surface area contributed by atoms with Crippen LogP contribution in [0, 0.1) is 5.92 Å². The Morgan fingerprint density at radius 2 is 1.84 bits per heavy atom. The summed E-state index contributed by atoms with van der Waals surface area (Å²) in [5.74, 6) is 1.87. The minimum Gasteiger partial charge on any atom is -0.492 e. The Morgan fingerprint density at radius 1 is 1.21 bits per heavy atom. The van der Waals surface area contributed by atoms with Crippen LogP contribution in [0.4, 0.5) is 0 Å². The van der Waals surface area contributed by atoms with Crippen molar-refractivity contribution in [2.45, 2.75) is 52.0 Å². The van der Waals surface area contributed by atoms with Crippen LogP contribution in [0.25, 0.3) is 0 Å². The largest absolute Gasteiger partial charge is 0.492 e. The van der Waals surface area contributed by atoms with Crippen LogP contribution < -0.4 is 10.1 Å². The number of rotatable bonds is 6. The summed E-state index contributed by atoms with van der Waals surface area (Å²) in [6.07, 6.45) is 2.78. The van der Waals surface area contributed by atoms with Crippen molar-refractivity contribution in [2.75, 3.05) is 13.2 Å². The molecule has 106 valence electrons. The van der Waals surface area contributed by atoms with Crippen molar-refractivity contribution in [3.63, 3.8) is 0 Å². The quantitative estimate of drug-likeness (QED) is 0.787. The van der Waals surface area contributed by atoms with Gasteiger partial charge < -0.3 is 10.1 Å². The fraction of sp³-hybridized carbons (Fsp3) is 0.647. The Morgan fingerprint density at radius 3 is 2.37 bits per heavy atom. The van der Waals surface area contributed by atoms with E-state index in [0.717, 1.165) is 24.8 Å². The fourth-order valence-corrected chi connectivity index (χ4v) is 2.27. The van der Waals surface area contributed by atoms with Crippen LogP contribution in [0.5, 0.6) is 5.75 Å². The normalized spacial score (nSPS) is 17.3. The zero-order valence-electron chi connectivity index (χ0n) is 12.7. The summed E-state index contributed by atoms with van der Waals surface area (Å²) in [4.78, 5) is 0. The molecular formula is C17H27NO. The first-order valence-electron chi connectivity index (χ1n) is 7.43. The molecule has 0 spiro atoms. The average Bonchev–Trinajstić information content (AvgIpc) is 3.18. The van der Waals surface area contributed by atoms with Crippen LogP contribution in [0.15, 0.2) is 24.3 Å². The van der Waals surface area contributed by atoms with E-state index >= 15 is 0 Å². The summed E-state index contributed by atoms with van der Waals surface area (Å²) in [6, 6.07) is 9.12. The summed E-state index contributed by atoms with van der Waals surface area (Å²) in [6.45, 7) is 10.6. The highest BCUT2D eigenvalue weighted by atomic mass is 16.5. The second-order valence-electron chi connectivity index (χ2n) is 6.70. The molecule has 0 amide bonds. The first-order valence-corrected chi connectivity index (χ1v) is 7.43. The maximum Gasteiger partial charge on any atom is 0.119 e. The Kier molecular flexibility index (Phi) is 4.51. The summed E-state index contributed by atoms with van der Waals surface area (Å²) in [5, 5.41) is 3.53. The molecule has 19 heavy (non-hydrogen) atoms. The van der Waals surface area contributed by atoms with Gasteiger partial charge >= 0.3 is 0 Å². The van der Waals surface area contributed by atoms with Crippen molar-refractivity contribution in [2.24, 2.45) is 5.92 Å². The molecule has 1 atom stereocenters. The first kappa shape index (κ1) is 14.4. The number of ether oxygens (including phenoxy) is 1. The van der Waals surface area contributed by atoms with Gasteiger partial charge in [0.25, 0.3) is 0 Å². The van der Waals surface area contributed by atoms with Gasteiger partial charge in [-0.3, -0.25) is 0 Å². The van der Waals surface area contributed by atoms with Crippen LogP contribution in [0.1, 0.15) is 46.1 Å². The van der Waals surface area contributed by atoms with Gasteiger partial charge in [-0.2, -0.15) is 0 Å². The summed E-state index contributed by atoms with van der Waals surface area (Å²) < 4.78 is 5.76. The lowest BCUT2D eigenvalue weighted by molar-refractivity contribution is 0.303. The molecule has 0 heterocycles. The number of hydrogen-bond acceptors (Lipinski definition) is 2. The number of hydrogen-bond donors (Lipinski definition) is 1. The van der Waals surface area contributed by atoms with Gasteiger partial charge in [-0.1, -0.05) is 32.9 Å².